The summed E-state index contributed by atoms with van der Waals surface area (Å²) in [6, 6.07) is 21.2. The minimum absolute atomic E-state index is 0.240. The molecule has 3 aromatic rings. The number of likely N-dealkylation sites (N-methyl/N-ethyl adjacent to an activating group) is 1. The van der Waals surface area contributed by atoms with Crippen LogP contribution in [0.2, 0.25) is 5.02 Å². The Morgan fingerprint density at radius 3 is 2.52 bits per heavy atom. The quantitative estimate of drug-likeness (QED) is 0.203. The zero-order valence-electron chi connectivity index (χ0n) is 19.5. The van der Waals surface area contributed by atoms with Gasteiger partial charge in [0, 0.05) is 49.6 Å². The highest BCUT2D eigenvalue weighted by atomic mass is 35.5. The number of benzene rings is 3. The van der Waals surface area contributed by atoms with Crippen molar-refractivity contribution in [2.75, 3.05) is 42.8 Å². The van der Waals surface area contributed by atoms with Crippen molar-refractivity contribution in [1.29, 1.82) is 0 Å². The second kappa shape index (κ2) is 10.3. The number of nitrogens with two attached hydrogens (primary N) is 2. The molecule has 174 valence electrons. The van der Waals surface area contributed by atoms with Crippen LogP contribution in [0, 0.1) is 0 Å². The van der Waals surface area contributed by atoms with Gasteiger partial charge in [0.25, 0.3) is 0 Å². The Labute approximate surface area is 206 Å². The van der Waals surface area contributed by atoms with Gasteiger partial charge in [0.15, 0.2) is 0 Å². The molecule has 0 bridgehead atoms. The van der Waals surface area contributed by atoms with Gasteiger partial charge in [-0.15, -0.1) is 0 Å². The van der Waals surface area contributed by atoms with Crippen LogP contribution in [-0.2, 0) is 6.54 Å². The molecule has 0 saturated carbocycles. The molecular formula is C26H32ClN5S. The van der Waals surface area contributed by atoms with E-state index in [1.165, 1.54) is 21.7 Å². The van der Waals surface area contributed by atoms with E-state index in [0.29, 0.717) is 5.69 Å². The molecule has 4 N–H and O–H groups in total. The molecule has 1 unspecified atom stereocenters. The van der Waals surface area contributed by atoms with E-state index in [4.69, 9.17) is 23.2 Å². The second-order valence-electron chi connectivity index (χ2n) is 8.58. The third-order valence-corrected chi connectivity index (χ3v) is 7.73. The van der Waals surface area contributed by atoms with Crippen LogP contribution in [0.4, 0.5) is 17.1 Å². The largest absolute Gasteiger partial charge is 0.397 e. The molecule has 7 heteroatoms. The fourth-order valence-corrected chi connectivity index (χ4v) is 5.71. The monoisotopic (exact) mass is 481 g/mol. The fourth-order valence-electron chi connectivity index (χ4n) is 4.43. The van der Waals surface area contributed by atoms with E-state index in [2.05, 4.69) is 65.6 Å². The van der Waals surface area contributed by atoms with E-state index in [1.807, 2.05) is 30.1 Å². The summed E-state index contributed by atoms with van der Waals surface area (Å²) in [5.74, 6) is 6.13. The highest BCUT2D eigenvalue weighted by Crippen LogP contribution is 2.37. The van der Waals surface area contributed by atoms with Gasteiger partial charge in [-0.25, -0.2) is 10.1 Å². The number of rotatable bonds is 6. The summed E-state index contributed by atoms with van der Waals surface area (Å²) in [5.41, 5.74) is 12.7. The minimum atomic E-state index is 0.240. The molecule has 0 aromatic heterocycles. The molecule has 3 aromatic carbocycles. The number of para-hydroxylation sites is 1. The lowest BCUT2D eigenvalue weighted by molar-refractivity contribution is 0.477. The predicted octanol–water partition coefficient (Wildman–Crippen LogP) is 5.73. The van der Waals surface area contributed by atoms with Gasteiger partial charge in [0.1, 0.15) is 0 Å². The molecule has 5 nitrogen and oxygen atoms in total. The van der Waals surface area contributed by atoms with Crippen LogP contribution in [0.1, 0.15) is 36.0 Å². The minimum Gasteiger partial charge on any atom is -0.397 e. The first-order chi connectivity index (χ1) is 15.9. The molecule has 0 fully saturated rings. The molecule has 33 heavy (non-hydrogen) atoms. The molecule has 1 atom stereocenters. The van der Waals surface area contributed by atoms with Crippen LogP contribution in [0.5, 0.6) is 0 Å². The number of hydrogen-bond acceptors (Lipinski definition) is 6. The van der Waals surface area contributed by atoms with Gasteiger partial charge >= 0.3 is 0 Å². The maximum Gasteiger partial charge on any atom is 0.0743 e. The van der Waals surface area contributed by atoms with E-state index >= 15 is 0 Å². The Morgan fingerprint density at radius 2 is 1.79 bits per heavy atom. The smallest absolute Gasteiger partial charge is 0.0743 e. The average Bonchev–Trinajstić information content (AvgIpc) is 2.95. The van der Waals surface area contributed by atoms with Gasteiger partial charge < -0.3 is 15.6 Å². The fraction of sp³-hybridized carbons (Fsp3) is 0.308. The Morgan fingerprint density at radius 1 is 1.06 bits per heavy atom. The number of nitrogen functional groups attached to an aromatic ring is 1. The van der Waals surface area contributed by atoms with Gasteiger partial charge in [-0.2, -0.15) is 0 Å². The van der Waals surface area contributed by atoms with Gasteiger partial charge in [0.05, 0.1) is 17.1 Å². The summed E-state index contributed by atoms with van der Waals surface area (Å²) in [7, 11) is 3.95. The lowest BCUT2D eigenvalue weighted by Crippen LogP contribution is -2.26. The highest BCUT2D eigenvalue weighted by molar-refractivity contribution is 7.97. The van der Waals surface area contributed by atoms with E-state index < -0.39 is 0 Å². The zero-order valence-corrected chi connectivity index (χ0v) is 21.0. The molecule has 1 aliphatic rings. The Kier molecular flexibility index (Phi) is 7.39. The summed E-state index contributed by atoms with van der Waals surface area (Å²) in [5, 5.41) is 2.36. The van der Waals surface area contributed by atoms with Crippen LogP contribution in [-0.4, -0.2) is 31.5 Å². The SMILES string of the molecule is CCC(c1ccc(N(C)N)c(N)c1)c1ccc(Cl)c(CN2CCN(C)c3ccccc3S2)c1. The highest BCUT2D eigenvalue weighted by Gasteiger charge is 2.21. The molecule has 1 aliphatic heterocycles. The number of halogens is 1. The normalized spacial score (nSPS) is 15.1. The van der Waals surface area contributed by atoms with Crippen molar-refractivity contribution in [3.05, 3.63) is 82.4 Å². The first-order valence-corrected chi connectivity index (χ1v) is 12.4. The van der Waals surface area contributed by atoms with E-state index in [-0.39, 0.29) is 5.92 Å². The summed E-state index contributed by atoms with van der Waals surface area (Å²) < 4.78 is 2.40. The lowest BCUT2D eigenvalue weighted by atomic mass is 9.88. The van der Waals surface area contributed by atoms with Crippen molar-refractivity contribution >= 4 is 40.6 Å². The standard InChI is InChI=1S/C26H32ClN5S/c1-4-21(19-10-12-24(31(3)29)23(28)16-19)18-9-11-22(27)20(15-18)17-32-14-13-30(2)25-7-5-6-8-26(25)33-32/h5-12,15-16,21H,4,13-14,17,28-29H2,1-3H3. The molecule has 1 heterocycles. The molecule has 0 aliphatic carbocycles. The van der Waals surface area contributed by atoms with Crippen molar-refractivity contribution in [3.8, 4) is 0 Å². The summed E-state index contributed by atoms with van der Waals surface area (Å²) >= 11 is 8.48. The van der Waals surface area contributed by atoms with E-state index in [0.717, 1.165) is 42.3 Å². The lowest BCUT2D eigenvalue weighted by Gasteiger charge is -2.23. The van der Waals surface area contributed by atoms with Gasteiger partial charge in [-0.05, 0) is 65.4 Å². The summed E-state index contributed by atoms with van der Waals surface area (Å²) in [6.45, 7) is 4.92. The van der Waals surface area contributed by atoms with Crippen molar-refractivity contribution in [3.63, 3.8) is 0 Å². The van der Waals surface area contributed by atoms with Gasteiger partial charge in [-0.1, -0.05) is 48.9 Å². The Balaban J connectivity index is 1.59. The number of anilines is 3. The predicted molar refractivity (Wildman–Crippen MR) is 143 cm³/mol. The van der Waals surface area contributed by atoms with Crippen LogP contribution in [0.25, 0.3) is 0 Å². The second-order valence-corrected chi connectivity index (χ2v) is 10.1. The first kappa shape index (κ1) is 23.8. The number of hydrazine groups is 1. The third kappa shape index (κ3) is 5.25. The van der Waals surface area contributed by atoms with Crippen LogP contribution < -0.4 is 21.5 Å². The zero-order chi connectivity index (χ0) is 23.5. The van der Waals surface area contributed by atoms with Gasteiger partial charge in [0.2, 0.25) is 0 Å². The molecule has 4 rings (SSSR count). The van der Waals surface area contributed by atoms with E-state index in [1.54, 1.807) is 12.1 Å². The maximum atomic E-state index is 6.67. The van der Waals surface area contributed by atoms with Crippen LogP contribution in [0.15, 0.2) is 65.6 Å². The summed E-state index contributed by atoms with van der Waals surface area (Å²) in [6.07, 6.45) is 0.967. The first-order valence-electron chi connectivity index (χ1n) is 11.3. The van der Waals surface area contributed by atoms with Crippen molar-refractivity contribution in [2.24, 2.45) is 5.84 Å². The van der Waals surface area contributed by atoms with Gasteiger partial charge in [-0.3, -0.25) is 0 Å². The van der Waals surface area contributed by atoms with Crippen molar-refractivity contribution in [1.82, 2.24) is 4.31 Å². The van der Waals surface area contributed by atoms with Crippen LogP contribution >= 0.6 is 23.5 Å². The van der Waals surface area contributed by atoms with E-state index in [9.17, 15) is 0 Å². The number of fused-ring (bicyclic) bond motifs is 1. The molecule has 0 amide bonds. The average molecular weight is 482 g/mol. The topological polar surface area (TPSA) is 61.8 Å². The van der Waals surface area contributed by atoms with Crippen LogP contribution in [0.3, 0.4) is 0 Å². The molecule has 0 radical (unpaired) electrons. The third-order valence-electron chi connectivity index (χ3n) is 6.25. The summed E-state index contributed by atoms with van der Waals surface area (Å²) in [4.78, 5) is 3.59. The number of nitrogens with zero attached hydrogens (tertiary/aromatic N) is 3. The Bertz CT molecular complexity index is 1120. The molecule has 0 saturated heterocycles. The maximum absolute atomic E-state index is 6.67. The Hall–Kier alpha value is -2.38. The molecular weight excluding hydrogens is 450 g/mol. The van der Waals surface area contributed by atoms with Crippen molar-refractivity contribution in [2.45, 2.75) is 30.7 Å². The molecule has 0 spiro atoms. The van der Waals surface area contributed by atoms with Crippen molar-refractivity contribution < 1.29 is 0 Å². The number of hydrogen-bond donors (Lipinski definition) is 2.